The third-order valence-electron chi connectivity index (χ3n) is 4.75. The monoisotopic (exact) mass is 317 g/mol. The zero-order valence-electron chi connectivity index (χ0n) is 13.2. The number of carbonyl (C=O) groups is 1. The maximum absolute atomic E-state index is 12.3. The predicted molar refractivity (Wildman–Crippen MR) is 85.1 cm³/mol. The van der Waals surface area contributed by atoms with Crippen LogP contribution in [0, 0.1) is 0 Å². The van der Waals surface area contributed by atoms with E-state index in [1.165, 1.54) is 12.8 Å². The maximum atomic E-state index is 12.3. The van der Waals surface area contributed by atoms with Gasteiger partial charge in [-0.1, -0.05) is 0 Å². The lowest BCUT2D eigenvalue weighted by atomic mass is 10.2. The average Bonchev–Trinajstić information content (AvgIpc) is 3.45. The second-order valence-corrected chi connectivity index (χ2v) is 6.73. The molecule has 4 rings (SSSR count). The minimum atomic E-state index is -0.225. The van der Waals surface area contributed by atoms with Crippen LogP contribution >= 0.6 is 0 Å². The Morgan fingerprint density at radius 3 is 2.91 bits per heavy atom. The highest BCUT2D eigenvalue weighted by Gasteiger charge is 2.33. The summed E-state index contributed by atoms with van der Waals surface area (Å²) in [6, 6.07) is 0.733. The van der Waals surface area contributed by atoms with Gasteiger partial charge in [0.05, 0.1) is 18.3 Å². The summed E-state index contributed by atoms with van der Waals surface area (Å²) in [5.41, 5.74) is 6.27. The van der Waals surface area contributed by atoms with Crippen LogP contribution in [0.3, 0.4) is 0 Å². The lowest BCUT2D eigenvalue weighted by Crippen LogP contribution is -2.48. The molecule has 2 heterocycles. The molecule has 23 heavy (non-hydrogen) atoms. The molecular formula is C16H23N5O2. The van der Waals surface area contributed by atoms with Crippen molar-refractivity contribution in [1.29, 1.82) is 0 Å². The number of hydrogen-bond acceptors (Lipinski definition) is 6. The minimum absolute atomic E-state index is 0.0428. The fourth-order valence-electron chi connectivity index (χ4n) is 3.06. The quantitative estimate of drug-likeness (QED) is 0.823. The van der Waals surface area contributed by atoms with Gasteiger partial charge in [0.1, 0.15) is 11.6 Å². The van der Waals surface area contributed by atoms with Crippen molar-refractivity contribution < 1.29 is 9.53 Å². The van der Waals surface area contributed by atoms with Crippen molar-refractivity contribution in [2.24, 2.45) is 0 Å². The first-order valence-electron chi connectivity index (χ1n) is 8.47. The molecule has 7 heteroatoms. The van der Waals surface area contributed by atoms with Crippen LogP contribution < -0.4 is 11.1 Å². The number of aromatic nitrogens is 2. The van der Waals surface area contributed by atoms with Crippen LogP contribution in [0.15, 0.2) is 6.20 Å². The number of ether oxygens (including phenoxy) is 1. The average molecular weight is 317 g/mol. The summed E-state index contributed by atoms with van der Waals surface area (Å²) in [6.45, 7) is 3.11. The van der Waals surface area contributed by atoms with Crippen LogP contribution in [-0.2, 0) is 4.74 Å². The van der Waals surface area contributed by atoms with Gasteiger partial charge in [0.2, 0.25) is 0 Å². The molecule has 1 aromatic heterocycles. The molecule has 0 spiro atoms. The van der Waals surface area contributed by atoms with E-state index < -0.39 is 0 Å². The van der Waals surface area contributed by atoms with E-state index in [1.54, 1.807) is 6.20 Å². The summed E-state index contributed by atoms with van der Waals surface area (Å²) in [4.78, 5) is 23.3. The molecular weight excluding hydrogens is 294 g/mol. The topological polar surface area (TPSA) is 93.4 Å². The van der Waals surface area contributed by atoms with Gasteiger partial charge in [-0.25, -0.2) is 9.97 Å². The zero-order valence-corrected chi connectivity index (χ0v) is 13.2. The van der Waals surface area contributed by atoms with E-state index in [0.717, 1.165) is 44.4 Å². The summed E-state index contributed by atoms with van der Waals surface area (Å²) in [5, 5.41) is 2.90. The van der Waals surface area contributed by atoms with Crippen molar-refractivity contribution in [1.82, 2.24) is 20.2 Å². The second kappa shape index (κ2) is 6.05. The summed E-state index contributed by atoms with van der Waals surface area (Å²) in [7, 11) is 0. The molecule has 0 bridgehead atoms. The first kappa shape index (κ1) is 14.8. The molecule has 7 nitrogen and oxygen atoms in total. The largest absolute Gasteiger partial charge is 0.383 e. The van der Waals surface area contributed by atoms with E-state index >= 15 is 0 Å². The summed E-state index contributed by atoms with van der Waals surface area (Å²) >= 11 is 0. The molecule has 3 fully saturated rings. The molecule has 1 atom stereocenters. The highest BCUT2D eigenvalue weighted by molar-refractivity contribution is 5.97. The van der Waals surface area contributed by atoms with Gasteiger partial charge in [-0.05, 0) is 25.7 Å². The second-order valence-electron chi connectivity index (χ2n) is 6.73. The molecule has 1 aliphatic heterocycles. The van der Waals surface area contributed by atoms with Crippen LogP contribution in [0.5, 0.6) is 0 Å². The number of amides is 1. The van der Waals surface area contributed by atoms with Crippen molar-refractivity contribution in [2.45, 2.75) is 43.7 Å². The Morgan fingerprint density at radius 2 is 2.22 bits per heavy atom. The Kier molecular flexibility index (Phi) is 3.90. The SMILES string of the molecule is Nc1nc(C2CC2)ncc1C(=O)NCC1CN(C2CC2)CCO1. The third kappa shape index (κ3) is 3.45. The van der Waals surface area contributed by atoms with Crippen molar-refractivity contribution in [3.63, 3.8) is 0 Å². The van der Waals surface area contributed by atoms with Crippen LogP contribution in [-0.4, -0.2) is 59.2 Å². The first-order chi connectivity index (χ1) is 11.2. The number of anilines is 1. The third-order valence-corrected chi connectivity index (χ3v) is 4.75. The van der Waals surface area contributed by atoms with Gasteiger partial charge in [0, 0.05) is 37.8 Å². The Balaban J connectivity index is 1.32. The van der Waals surface area contributed by atoms with Gasteiger partial charge in [-0.3, -0.25) is 9.69 Å². The van der Waals surface area contributed by atoms with Crippen molar-refractivity contribution in [2.75, 3.05) is 32.0 Å². The molecule has 1 saturated heterocycles. The Morgan fingerprint density at radius 1 is 1.39 bits per heavy atom. The number of nitrogens with two attached hydrogens (primary N) is 1. The normalized spacial score (nSPS) is 25.3. The number of hydrogen-bond donors (Lipinski definition) is 2. The predicted octanol–water partition coefficient (Wildman–Crippen LogP) is 0.529. The van der Waals surface area contributed by atoms with Crippen LogP contribution in [0.4, 0.5) is 5.82 Å². The maximum Gasteiger partial charge on any atom is 0.256 e. The molecule has 3 N–H and O–H groups in total. The molecule has 124 valence electrons. The Hall–Kier alpha value is -1.73. The van der Waals surface area contributed by atoms with E-state index in [2.05, 4.69) is 20.2 Å². The number of rotatable bonds is 5. The molecule has 0 aromatic carbocycles. The number of nitrogens with zero attached hydrogens (tertiary/aromatic N) is 3. The molecule has 1 amide bonds. The van der Waals surface area contributed by atoms with Crippen LogP contribution in [0.25, 0.3) is 0 Å². The molecule has 0 radical (unpaired) electrons. The number of morpholine rings is 1. The summed E-state index contributed by atoms with van der Waals surface area (Å²) in [5.74, 6) is 1.23. The van der Waals surface area contributed by atoms with Gasteiger partial charge >= 0.3 is 0 Å². The highest BCUT2D eigenvalue weighted by atomic mass is 16.5. The van der Waals surface area contributed by atoms with Gasteiger partial charge in [-0.15, -0.1) is 0 Å². The summed E-state index contributed by atoms with van der Waals surface area (Å²) in [6.07, 6.45) is 6.40. The number of nitrogens with one attached hydrogen (secondary N) is 1. The van der Waals surface area contributed by atoms with Crippen LogP contribution in [0.2, 0.25) is 0 Å². The smallest absolute Gasteiger partial charge is 0.256 e. The van der Waals surface area contributed by atoms with Crippen molar-refractivity contribution >= 4 is 11.7 Å². The fourth-order valence-corrected chi connectivity index (χ4v) is 3.06. The molecule has 3 aliphatic rings. The Bertz CT molecular complexity index is 600. The van der Waals surface area contributed by atoms with Crippen molar-refractivity contribution in [3.05, 3.63) is 17.6 Å². The Labute approximate surface area is 135 Å². The number of carbonyl (C=O) groups excluding carboxylic acids is 1. The first-order valence-corrected chi connectivity index (χ1v) is 8.47. The standard InChI is InChI=1S/C16H23N5O2/c17-14-13(8-18-15(20-14)10-1-2-10)16(22)19-7-12-9-21(5-6-23-12)11-3-4-11/h8,10-12H,1-7,9H2,(H,19,22)(H2,17,18,20). The molecule has 1 unspecified atom stereocenters. The zero-order chi connectivity index (χ0) is 15.8. The fraction of sp³-hybridized carbons (Fsp3) is 0.688. The van der Waals surface area contributed by atoms with E-state index in [-0.39, 0.29) is 17.8 Å². The van der Waals surface area contributed by atoms with E-state index in [0.29, 0.717) is 18.0 Å². The van der Waals surface area contributed by atoms with Crippen molar-refractivity contribution in [3.8, 4) is 0 Å². The van der Waals surface area contributed by atoms with Gasteiger partial charge in [0.15, 0.2) is 0 Å². The van der Waals surface area contributed by atoms with Gasteiger partial charge in [-0.2, -0.15) is 0 Å². The lowest BCUT2D eigenvalue weighted by molar-refractivity contribution is -0.0293. The summed E-state index contributed by atoms with van der Waals surface area (Å²) < 4.78 is 5.74. The van der Waals surface area contributed by atoms with Gasteiger partial charge in [0.25, 0.3) is 5.91 Å². The highest BCUT2D eigenvalue weighted by Crippen LogP contribution is 2.38. The number of nitrogen functional groups attached to an aromatic ring is 1. The minimum Gasteiger partial charge on any atom is -0.383 e. The molecule has 1 aromatic rings. The van der Waals surface area contributed by atoms with E-state index in [1.807, 2.05) is 0 Å². The van der Waals surface area contributed by atoms with E-state index in [9.17, 15) is 4.79 Å². The van der Waals surface area contributed by atoms with Gasteiger partial charge < -0.3 is 15.8 Å². The van der Waals surface area contributed by atoms with Crippen LogP contribution in [0.1, 0.15) is 47.8 Å². The molecule has 2 aliphatic carbocycles. The lowest BCUT2D eigenvalue weighted by Gasteiger charge is -2.33. The van der Waals surface area contributed by atoms with E-state index in [4.69, 9.17) is 10.5 Å². The molecule has 2 saturated carbocycles.